The molecule has 1 aliphatic heterocycles. The number of carbonyl (C=O) groups excluding carboxylic acids is 2. The number of ketones is 1. The van der Waals surface area contributed by atoms with Gasteiger partial charge in [-0.25, -0.2) is 0 Å². The van der Waals surface area contributed by atoms with Crippen LogP contribution >= 0.6 is 23.2 Å². The second-order valence-corrected chi connectivity index (χ2v) is 9.40. The van der Waals surface area contributed by atoms with E-state index in [0.717, 1.165) is 0 Å². The third kappa shape index (κ3) is 5.10. The van der Waals surface area contributed by atoms with Crippen LogP contribution in [0, 0.1) is 0 Å². The molecule has 1 heterocycles. The van der Waals surface area contributed by atoms with E-state index in [1.165, 1.54) is 31.3 Å². The lowest BCUT2D eigenvalue weighted by atomic mass is 9.95. The zero-order valence-corrected chi connectivity index (χ0v) is 22.1. The summed E-state index contributed by atoms with van der Waals surface area (Å²) in [5, 5.41) is 11.7. The number of Topliss-reactive ketones (excluding diaryl/α,β-unsaturated/α-hetero) is 1. The third-order valence-corrected chi connectivity index (χ3v) is 6.36. The van der Waals surface area contributed by atoms with E-state index in [9.17, 15) is 14.7 Å². The van der Waals surface area contributed by atoms with E-state index in [1.807, 2.05) is 13.8 Å². The van der Waals surface area contributed by atoms with Crippen molar-refractivity contribution in [1.82, 2.24) is 0 Å². The number of aliphatic hydroxyl groups is 1. The molecule has 37 heavy (non-hydrogen) atoms. The molecule has 1 amide bonds. The van der Waals surface area contributed by atoms with Crippen molar-refractivity contribution in [2.75, 3.05) is 19.1 Å². The summed E-state index contributed by atoms with van der Waals surface area (Å²) in [6.45, 7) is 3.79. The molecule has 7 nitrogen and oxygen atoms in total. The highest BCUT2D eigenvalue weighted by atomic mass is 35.5. The number of halogens is 2. The third-order valence-electron chi connectivity index (χ3n) is 5.80. The molecular weight excluding hydrogens is 517 g/mol. The number of ether oxygens (including phenoxy) is 3. The van der Waals surface area contributed by atoms with Crippen LogP contribution in [0.4, 0.5) is 5.69 Å². The van der Waals surface area contributed by atoms with Gasteiger partial charge in [-0.15, -0.1) is 0 Å². The number of hydrogen-bond donors (Lipinski definition) is 1. The van der Waals surface area contributed by atoms with Gasteiger partial charge in [0.2, 0.25) is 0 Å². The Morgan fingerprint density at radius 2 is 1.57 bits per heavy atom. The summed E-state index contributed by atoms with van der Waals surface area (Å²) in [4.78, 5) is 28.2. The molecule has 0 saturated carbocycles. The molecule has 1 aliphatic rings. The zero-order valence-electron chi connectivity index (χ0n) is 20.6. The first-order valence-corrected chi connectivity index (χ1v) is 12.2. The van der Waals surface area contributed by atoms with Gasteiger partial charge in [-0.2, -0.15) is 0 Å². The zero-order chi connectivity index (χ0) is 26.9. The fraction of sp³-hybridized carbons (Fsp3) is 0.214. The monoisotopic (exact) mass is 541 g/mol. The molecule has 1 unspecified atom stereocenters. The number of carbonyl (C=O) groups is 2. The maximum atomic E-state index is 13.4. The molecule has 3 aromatic carbocycles. The molecule has 0 aromatic heterocycles. The van der Waals surface area contributed by atoms with Crippen LogP contribution in [0.2, 0.25) is 10.0 Å². The summed E-state index contributed by atoms with van der Waals surface area (Å²) >= 11 is 12.6. The van der Waals surface area contributed by atoms with Crippen LogP contribution in [0.25, 0.3) is 5.76 Å². The molecule has 0 aliphatic carbocycles. The molecule has 1 N–H and O–H groups in total. The lowest BCUT2D eigenvalue weighted by molar-refractivity contribution is -0.132. The van der Waals surface area contributed by atoms with E-state index in [4.69, 9.17) is 37.4 Å². The number of rotatable bonds is 7. The topological polar surface area (TPSA) is 85.3 Å². The van der Waals surface area contributed by atoms with E-state index in [0.29, 0.717) is 22.7 Å². The quantitative estimate of drug-likeness (QED) is 0.211. The van der Waals surface area contributed by atoms with Crippen molar-refractivity contribution >= 4 is 46.3 Å². The van der Waals surface area contributed by atoms with Gasteiger partial charge < -0.3 is 19.3 Å². The SMILES string of the molecule is COc1cccc(N2C(=O)C(=O)/C(=C(/O)c3cc(Cl)c(OC)c(Cl)c3)C2c2cccc(OC(C)C)c2)c1. The summed E-state index contributed by atoms with van der Waals surface area (Å²) in [6, 6.07) is 15.7. The molecule has 0 radical (unpaired) electrons. The van der Waals surface area contributed by atoms with E-state index < -0.39 is 23.5 Å². The second kappa shape index (κ2) is 10.7. The van der Waals surface area contributed by atoms with Gasteiger partial charge in [0.05, 0.1) is 42.0 Å². The van der Waals surface area contributed by atoms with Crippen molar-refractivity contribution < 1.29 is 28.9 Å². The summed E-state index contributed by atoms with van der Waals surface area (Å²) in [5.74, 6) is -0.797. The minimum absolute atomic E-state index is 0.0939. The highest BCUT2D eigenvalue weighted by Gasteiger charge is 2.47. The van der Waals surface area contributed by atoms with E-state index in [1.54, 1.807) is 48.5 Å². The number of aliphatic hydroxyl groups excluding tert-OH is 1. The molecule has 9 heteroatoms. The van der Waals surface area contributed by atoms with E-state index in [2.05, 4.69) is 0 Å². The average molecular weight is 542 g/mol. The van der Waals surface area contributed by atoms with Gasteiger partial charge in [-0.3, -0.25) is 14.5 Å². The average Bonchev–Trinajstić information content (AvgIpc) is 3.13. The molecule has 3 aromatic rings. The molecule has 1 saturated heterocycles. The summed E-state index contributed by atoms with van der Waals surface area (Å²) in [5.41, 5.74) is 1.03. The fourth-order valence-corrected chi connectivity index (χ4v) is 4.89. The number of amides is 1. The summed E-state index contributed by atoms with van der Waals surface area (Å²) < 4.78 is 16.4. The molecule has 1 atom stereocenters. The Bertz CT molecular complexity index is 1380. The first kappa shape index (κ1) is 26.4. The Hall–Kier alpha value is -3.68. The van der Waals surface area contributed by atoms with Crippen molar-refractivity contribution in [2.24, 2.45) is 0 Å². The van der Waals surface area contributed by atoms with E-state index in [-0.39, 0.29) is 33.0 Å². The van der Waals surface area contributed by atoms with Crippen LogP contribution in [-0.4, -0.2) is 37.1 Å². The van der Waals surface area contributed by atoms with Crippen LogP contribution in [0.3, 0.4) is 0 Å². The largest absolute Gasteiger partial charge is 0.507 e. The van der Waals surface area contributed by atoms with Gasteiger partial charge in [0.15, 0.2) is 5.75 Å². The minimum Gasteiger partial charge on any atom is -0.507 e. The van der Waals surface area contributed by atoms with Crippen LogP contribution in [0.5, 0.6) is 17.2 Å². The predicted molar refractivity (Wildman–Crippen MR) is 143 cm³/mol. The van der Waals surface area contributed by atoms with Gasteiger partial charge >= 0.3 is 0 Å². The summed E-state index contributed by atoms with van der Waals surface area (Å²) in [7, 11) is 2.92. The first-order chi connectivity index (χ1) is 17.7. The second-order valence-electron chi connectivity index (χ2n) is 8.58. The number of anilines is 1. The summed E-state index contributed by atoms with van der Waals surface area (Å²) in [6.07, 6.45) is -0.0939. The van der Waals surface area contributed by atoms with Gasteiger partial charge in [0.1, 0.15) is 17.3 Å². The molecule has 1 fully saturated rings. The number of methoxy groups -OCH3 is 2. The van der Waals surface area contributed by atoms with E-state index >= 15 is 0 Å². The van der Waals surface area contributed by atoms with Crippen LogP contribution in [-0.2, 0) is 9.59 Å². The van der Waals surface area contributed by atoms with Gasteiger partial charge in [-0.05, 0) is 55.8 Å². The van der Waals surface area contributed by atoms with Crippen molar-refractivity contribution in [3.8, 4) is 17.2 Å². The predicted octanol–water partition coefficient (Wildman–Crippen LogP) is 6.42. The number of benzene rings is 3. The van der Waals surface area contributed by atoms with Crippen molar-refractivity contribution in [1.29, 1.82) is 0 Å². The lowest BCUT2D eigenvalue weighted by Gasteiger charge is -2.26. The molecule has 4 rings (SSSR count). The standard InChI is InChI=1S/C28H25Cl2NO6/c1-15(2)37-20-10-5-7-16(11-20)24-23(25(32)17-12-21(29)27(36-4)22(30)13-17)26(33)28(34)31(24)18-8-6-9-19(14-18)35-3/h5-15,24,32H,1-4H3/b25-23+. The van der Waals surface area contributed by atoms with Gasteiger partial charge in [0, 0.05) is 17.3 Å². The van der Waals surface area contributed by atoms with Crippen LogP contribution in [0.1, 0.15) is 31.0 Å². The van der Waals surface area contributed by atoms with Crippen molar-refractivity contribution in [3.05, 3.63) is 87.4 Å². The highest BCUT2D eigenvalue weighted by molar-refractivity contribution is 6.51. The van der Waals surface area contributed by atoms with Crippen molar-refractivity contribution in [3.63, 3.8) is 0 Å². The Labute approximate surface area is 224 Å². The lowest BCUT2D eigenvalue weighted by Crippen LogP contribution is -2.29. The van der Waals surface area contributed by atoms with Gasteiger partial charge in [-0.1, -0.05) is 41.4 Å². The maximum absolute atomic E-state index is 13.4. The molecule has 0 bridgehead atoms. The number of nitrogens with zero attached hydrogens (tertiary/aromatic N) is 1. The highest BCUT2D eigenvalue weighted by Crippen LogP contribution is 2.44. The Morgan fingerprint density at radius 3 is 2.19 bits per heavy atom. The number of hydrogen-bond acceptors (Lipinski definition) is 6. The fourth-order valence-electron chi connectivity index (χ4n) is 4.25. The van der Waals surface area contributed by atoms with Crippen molar-refractivity contribution in [2.45, 2.75) is 26.0 Å². The molecule has 0 spiro atoms. The molecule has 192 valence electrons. The van der Waals surface area contributed by atoms with Gasteiger partial charge in [0.25, 0.3) is 11.7 Å². The Kier molecular flexibility index (Phi) is 7.66. The Balaban J connectivity index is 1.96. The normalized spacial score (nSPS) is 16.8. The Morgan fingerprint density at radius 1 is 0.919 bits per heavy atom. The van der Waals surface area contributed by atoms with Crippen LogP contribution < -0.4 is 19.1 Å². The maximum Gasteiger partial charge on any atom is 0.300 e. The minimum atomic E-state index is -0.970. The smallest absolute Gasteiger partial charge is 0.300 e. The molecular formula is C28H25Cl2NO6. The first-order valence-electron chi connectivity index (χ1n) is 11.4. The van der Waals surface area contributed by atoms with Crippen LogP contribution in [0.15, 0.2) is 66.2 Å².